The van der Waals surface area contributed by atoms with Gasteiger partial charge in [0.1, 0.15) is 5.01 Å². The number of carbonyl (C=O) groups is 2. The zero-order valence-electron chi connectivity index (χ0n) is 10.8. The Labute approximate surface area is 114 Å². The van der Waals surface area contributed by atoms with Crippen molar-refractivity contribution in [3.05, 3.63) is 5.01 Å². The number of hydrogen-bond donors (Lipinski definition) is 2. The van der Waals surface area contributed by atoms with Gasteiger partial charge < -0.3 is 10.0 Å². The van der Waals surface area contributed by atoms with Crippen LogP contribution in [0, 0.1) is 12.3 Å². The van der Waals surface area contributed by atoms with Crippen molar-refractivity contribution in [3.63, 3.8) is 0 Å². The lowest BCUT2D eigenvalue weighted by atomic mass is 9.80. The van der Waals surface area contributed by atoms with Crippen LogP contribution < -0.4 is 5.32 Å². The average Bonchev–Trinajstić information content (AvgIpc) is 2.75. The average molecular weight is 284 g/mol. The molecular weight excluding hydrogens is 268 g/mol. The van der Waals surface area contributed by atoms with Crippen molar-refractivity contribution in [1.82, 2.24) is 15.1 Å². The summed E-state index contributed by atoms with van der Waals surface area (Å²) in [5.74, 6) is -0.799. The van der Waals surface area contributed by atoms with Crippen molar-refractivity contribution in [2.45, 2.75) is 26.7 Å². The first kappa shape index (κ1) is 13.7. The van der Waals surface area contributed by atoms with Gasteiger partial charge in [0.25, 0.3) is 0 Å². The van der Waals surface area contributed by atoms with Crippen molar-refractivity contribution < 1.29 is 14.7 Å². The number of nitrogens with zero attached hydrogens (tertiary/aromatic N) is 3. The van der Waals surface area contributed by atoms with Crippen LogP contribution in [0.15, 0.2) is 0 Å². The number of rotatable bonds is 2. The van der Waals surface area contributed by atoms with Crippen LogP contribution in [0.5, 0.6) is 0 Å². The highest BCUT2D eigenvalue weighted by atomic mass is 32.1. The Hall–Kier alpha value is -1.70. The highest BCUT2D eigenvalue weighted by Crippen LogP contribution is 2.31. The van der Waals surface area contributed by atoms with Gasteiger partial charge in [0, 0.05) is 13.1 Å². The van der Waals surface area contributed by atoms with E-state index in [0.29, 0.717) is 31.1 Å². The molecule has 2 heterocycles. The van der Waals surface area contributed by atoms with E-state index in [1.807, 2.05) is 6.92 Å². The zero-order valence-corrected chi connectivity index (χ0v) is 11.7. The van der Waals surface area contributed by atoms with E-state index < -0.39 is 11.4 Å². The van der Waals surface area contributed by atoms with Gasteiger partial charge in [-0.25, -0.2) is 4.79 Å². The number of aromatic nitrogens is 2. The predicted molar refractivity (Wildman–Crippen MR) is 70.2 cm³/mol. The largest absolute Gasteiger partial charge is 0.481 e. The van der Waals surface area contributed by atoms with Crippen molar-refractivity contribution in [2.75, 3.05) is 18.4 Å². The number of carboxylic acid groups (broad SMARTS) is 1. The molecule has 7 nitrogen and oxygen atoms in total. The molecule has 1 aromatic heterocycles. The second-order valence-electron chi connectivity index (χ2n) is 4.91. The number of carbonyl (C=O) groups excluding carboxylic acids is 1. The molecule has 104 valence electrons. The first-order chi connectivity index (χ1) is 8.90. The van der Waals surface area contributed by atoms with Crippen LogP contribution in [-0.4, -0.2) is 45.3 Å². The minimum absolute atomic E-state index is 0.247. The molecule has 0 bridgehead atoms. The Kier molecular flexibility index (Phi) is 3.70. The fourth-order valence-corrected chi connectivity index (χ4v) is 2.52. The summed E-state index contributed by atoms with van der Waals surface area (Å²) in [6.45, 7) is 4.41. The van der Waals surface area contributed by atoms with Crippen LogP contribution in [0.4, 0.5) is 9.93 Å². The molecule has 1 aliphatic rings. The number of piperidine rings is 1. The van der Waals surface area contributed by atoms with Crippen LogP contribution in [0.25, 0.3) is 0 Å². The van der Waals surface area contributed by atoms with Gasteiger partial charge >= 0.3 is 12.0 Å². The normalized spacial score (nSPS) is 18.1. The Morgan fingerprint density at radius 3 is 2.47 bits per heavy atom. The minimum atomic E-state index is -0.799. The molecule has 8 heteroatoms. The summed E-state index contributed by atoms with van der Waals surface area (Å²) in [5.41, 5.74) is -0.726. The SMILES string of the molecule is Cc1nnc(NC(=O)N2CCC(C)(C(=O)O)CC2)s1. The van der Waals surface area contributed by atoms with E-state index in [4.69, 9.17) is 5.11 Å². The Bertz CT molecular complexity index is 494. The molecule has 0 atom stereocenters. The number of aliphatic carboxylic acids is 1. The number of carboxylic acids is 1. The molecule has 2 N–H and O–H groups in total. The van der Waals surface area contributed by atoms with Gasteiger partial charge in [0.05, 0.1) is 5.41 Å². The molecular formula is C11H16N4O3S. The molecule has 0 aromatic carbocycles. The van der Waals surface area contributed by atoms with Crippen molar-refractivity contribution >= 4 is 28.5 Å². The number of nitrogens with one attached hydrogen (secondary N) is 1. The lowest BCUT2D eigenvalue weighted by Crippen LogP contribution is -2.46. The fraction of sp³-hybridized carbons (Fsp3) is 0.636. The van der Waals surface area contributed by atoms with Gasteiger partial charge in [-0.3, -0.25) is 10.1 Å². The maximum absolute atomic E-state index is 12.0. The Morgan fingerprint density at radius 2 is 2.00 bits per heavy atom. The molecule has 0 radical (unpaired) electrons. The molecule has 2 amide bonds. The number of anilines is 1. The molecule has 1 aliphatic heterocycles. The number of amides is 2. The molecule has 1 saturated heterocycles. The summed E-state index contributed by atoms with van der Waals surface area (Å²) in [4.78, 5) is 24.7. The maximum atomic E-state index is 12.0. The molecule has 0 unspecified atom stereocenters. The van der Waals surface area contributed by atoms with E-state index >= 15 is 0 Å². The van der Waals surface area contributed by atoms with Crippen LogP contribution in [0.1, 0.15) is 24.8 Å². The topological polar surface area (TPSA) is 95.4 Å². The highest BCUT2D eigenvalue weighted by molar-refractivity contribution is 7.15. The lowest BCUT2D eigenvalue weighted by molar-refractivity contribution is -0.150. The summed E-state index contributed by atoms with van der Waals surface area (Å²) >= 11 is 1.31. The van der Waals surface area contributed by atoms with Crippen LogP contribution in [0.3, 0.4) is 0 Å². The summed E-state index contributed by atoms with van der Waals surface area (Å²) in [5, 5.41) is 20.7. The summed E-state index contributed by atoms with van der Waals surface area (Å²) in [6.07, 6.45) is 0.926. The van der Waals surface area contributed by atoms with Crippen LogP contribution in [-0.2, 0) is 4.79 Å². The summed E-state index contributed by atoms with van der Waals surface area (Å²) in [7, 11) is 0. The Morgan fingerprint density at radius 1 is 1.37 bits per heavy atom. The number of likely N-dealkylation sites (tertiary alicyclic amines) is 1. The maximum Gasteiger partial charge on any atom is 0.323 e. The van der Waals surface area contributed by atoms with Gasteiger partial charge in [0.2, 0.25) is 5.13 Å². The quantitative estimate of drug-likeness (QED) is 0.859. The first-order valence-electron chi connectivity index (χ1n) is 6.00. The van der Waals surface area contributed by atoms with E-state index in [2.05, 4.69) is 15.5 Å². The van der Waals surface area contributed by atoms with Gasteiger partial charge in [-0.2, -0.15) is 0 Å². The molecule has 1 fully saturated rings. The van der Waals surface area contributed by atoms with E-state index in [1.165, 1.54) is 11.3 Å². The Balaban J connectivity index is 1.91. The third-order valence-corrected chi connectivity index (χ3v) is 4.16. The highest BCUT2D eigenvalue weighted by Gasteiger charge is 2.38. The third-order valence-electron chi connectivity index (χ3n) is 3.41. The number of aryl methyl sites for hydroxylation is 1. The van der Waals surface area contributed by atoms with Crippen molar-refractivity contribution in [3.8, 4) is 0 Å². The van der Waals surface area contributed by atoms with E-state index in [-0.39, 0.29) is 6.03 Å². The second-order valence-corrected chi connectivity index (χ2v) is 6.09. The molecule has 2 rings (SSSR count). The van der Waals surface area contributed by atoms with E-state index in [0.717, 1.165) is 5.01 Å². The molecule has 0 aliphatic carbocycles. The van der Waals surface area contributed by atoms with E-state index in [9.17, 15) is 9.59 Å². The second kappa shape index (κ2) is 5.12. The van der Waals surface area contributed by atoms with Crippen LogP contribution in [0.2, 0.25) is 0 Å². The van der Waals surface area contributed by atoms with Gasteiger partial charge in [-0.1, -0.05) is 11.3 Å². The minimum Gasteiger partial charge on any atom is -0.481 e. The van der Waals surface area contributed by atoms with Gasteiger partial charge in [0.15, 0.2) is 0 Å². The molecule has 1 aromatic rings. The smallest absolute Gasteiger partial charge is 0.323 e. The van der Waals surface area contributed by atoms with Gasteiger partial charge in [-0.05, 0) is 26.7 Å². The van der Waals surface area contributed by atoms with E-state index in [1.54, 1.807) is 11.8 Å². The monoisotopic (exact) mass is 284 g/mol. The fourth-order valence-electron chi connectivity index (χ4n) is 1.93. The standard InChI is InChI=1S/C11H16N4O3S/c1-7-13-14-9(19-7)12-10(18)15-5-3-11(2,4-6-15)8(16)17/h3-6H2,1-2H3,(H,16,17)(H,12,14,18). The number of hydrogen-bond acceptors (Lipinski definition) is 5. The van der Waals surface area contributed by atoms with Crippen molar-refractivity contribution in [1.29, 1.82) is 0 Å². The number of urea groups is 1. The molecule has 0 saturated carbocycles. The zero-order chi connectivity index (χ0) is 14.0. The lowest BCUT2D eigenvalue weighted by Gasteiger charge is -2.36. The van der Waals surface area contributed by atoms with Crippen molar-refractivity contribution in [2.24, 2.45) is 5.41 Å². The van der Waals surface area contributed by atoms with Gasteiger partial charge in [-0.15, -0.1) is 10.2 Å². The molecule has 0 spiro atoms. The first-order valence-corrected chi connectivity index (χ1v) is 6.82. The summed E-state index contributed by atoms with van der Waals surface area (Å²) in [6, 6.07) is -0.247. The van der Waals surface area contributed by atoms with Crippen LogP contribution >= 0.6 is 11.3 Å². The molecule has 19 heavy (non-hydrogen) atoms. The third kappa shape index (κ3) is 3.01. The predicted octanol–water partition coefficient (Wildman–Crippen LogP) is 1.57. The summed E-state index contributed by atoms with van der Waals surface area (Å²) < 4.78 is 0.